The molecule has 1 aliphatic rings. The molecule has 1 N–H and O–H groups in total. The van der Waals surface area contributed by atoms with E-state index in [0.717, 1.165) is 0 Å². The number of rotatable bonds is 5. The highest BCUT2D eigenvalue weighted by molar-refractivity contribution is 7.99. The predicted octanol–water partition coefficient (Wildman–Crippen LogP) is 3.05. The van der Waals surface area contributed by atoms with Crippen LogP contribution in [0.15, 0.2) is 34.2 Å². The molecule has 1 aromatic carbocycles. The molecule has 1 aromatic heterocycles. The molecular weight excluding hydrogens is 407 g/mol. The lowest BCUT2D eigenvalue weighted by molar-refractivity contribution is -0.274. The van der Waals surface area contributed by atoms with Gasteiger partial charge in [0.05, 0.1) is 5.92 Å². The smallest absolute Gasteiger partial charge is 0.405 e. The first-order valence-corrected chi connectivity index (χ1v) is 10.0. The molecule has 1 aliphatic heterocycles. The number of aryl methyl sites for hydroxylation is 1. The zero-order valence-electron chi connectivity index (χ0n) is 15.9. The SMILES string of the molecule is CCc1c(C)nc2n(c1=O)C[C@@H](C(=O)NCc1ccccc1OC(F)(F)F)CS2. The minimum absolute atomic E-state index is 0.111. The Bertz CT molecular complexity index is 975. The number of nitrogens with one attached hydrogen (secondary N) is 1. The molecule has 29 heavy (non-hydrogen) atoms. The van der Waals surface area contributed by atoms with Crippen LogP contribution in [0.1, 0.15) is 23.7 Å². The van der Waals surface area contributed by atoms with Gasteiger partial charge in [0.15, 0.2) is 5.16 Å². The number of hydrogen-bond acceptors (Lipinski definition) is 5. The third kappa shape index (κ3) is 4.92. The summed E-state index contributed by atoms with van der Waals surface area (Å²) < 4.78 is 43.1. The van der Waals surface area contributed by atoms with Crippen molar-refractivity contribution < 1.29 is 22.7 Å². The third-order valence-electron chi connectivity index (χ3n) is 4.63. The molecule has 0 spiro atoms. The standard InChI is InChI=1S/C19H20F3N3O3S/c1-3-14-11(2)24-18-25(17(14)27)9-13(10-29-18)16(26)23-8-12-6-4-5-7-15(12)28-19(20,21)22/h4-7,13H,3,8-10H2,1-2H3,(H,23,26)/t13-/m1/s1. The molecule has 3 rings (SSSR count). The Morgan fingerprint density at radius 1 is 1.38 bits per heavy atom. The summed E-state index contributed by atoms with van der Waals surface area (Å²) in [7, 11) is 0. The van der Waals surface area contributed by atoms with Gasteiger partial charge in [0.2, 0.25) is 5.91 Å². The quantitative estimate of drug-likeness (QED) is 0.743. The molecule has 10 heteroatoms. The molecule has 156 valence electrons. The summed E-state index contributed by atoms with van der Waals surface area (Å²) >= 11 is 1.32. The molecule has 0 radical (unpaired) electrons. The van der Waals surface area contributed by atoms with Gasteiger partial charge in [-0.25, -0.2) is 4.98 Å². The number of nitrogens with zero attached hydrogens (tertiary/aromatic N) is 2. The Labute approximate surface area is 169 Å². The number of halogens is 3. The summed E-state index contributed by atoms with van der Waals surface area (Å²) in [5.74, 6) is -0.748. The molecule has 0 unspecified atom stereocenters. The highest BCUT2D eigenvalue weighted by atomic mass is 32.2. The number of carbonyl (C=O) groups is 1. The number of ether oxygens (including phenoxy) is 1. The van der Waals surface area contributed by atoms with Crippen LogP contribution < -0.4 is 15.6 Å². The second-order valence-electron chi connectivity index (χ2n) is 6.61. The highest BCUT2D eigenvalue weighted by Gasteiger charge is 2.32. The van der Waals surface area contributed by atoms with Crippen molar-refractivity contribution in [2.75, 3.05) is 5.75 Å². The van der Waals surface area contributed by atoms with Gasteiger partial charge in [0, 0.05) is 35.7 Å². The molecule has 0 saturated heterocycles. The Kier molecular flexibility index (Phi) is 6.21. The van der Waals surface area contributed by atoms with E-state index in [1.807, 2.05) is 6.92 Å². The Balaban J connectivity index is 1.70. The summed E-state index contributed by atoms with van der Waals surface area (Å²) in [5.41, 5.74) is 1.38. The largest absolute Gasteiger partial charge is 0.573 e. The van der Waals surface area contributed by atoms with E-state index in [0.29, 0.717) is 28.6 Å². The summed E-state index contributed by atoms with van der Waals surface area (Å²) in [6, 6.07) is 5.64. The minimum atomic E-state index is -4.81. The van der Waals surface area contributed by atoms with Gasteiger partial charge in [-0.15, -0.1) is 13.2 Å². The molecule has 0 saturated carbocycles. The minimum Gasteiger partial charge on any atom is -0.405 e. The number of para-hydroxylation sites is 1. The fourth-order valence-electron chi connectivity index (χ4n) is 3.16. The summed E-state index contributed by atoms with van der Waals surface area (Å²) in [6.45, 7) is 3.74. The van der Waals surface area contributed by atoms with Crippen LogP contribution in [0.5, 0.6) is 5.75 Å². The Hall–Kier alpha value is -2.49. The van der Waals surface area contributed by atoms with Gasteiger partial charge in [-0.05, 0) is 19.4 Å². The zero-order chi connectivity index (χ0) is 21.2. The first-order valence-electron chi connectivity index (χ1n) is 9.04. The first-order chi connectivity index (χ1) is 13.7. The van der Waals surface area contributed by atoms with E-state index in [4.69, 9.17) is 0 Å². The monoisotopic (exact) mass is 427 g/mol. The van der Waals surface area contributed by atoms with Crippen LogP contribution >= 0.6 is 11.8 Å². The molecule has 0 fully saturated rings. The van der Waals surface area contributed by atoms with Crippen LogP contribution in [0.2, 0.25) is 0 Å². The van der Waals surface area contributed by atoms with Crippen LogP contribution in [0.4, 0.5) is 13.2 Å². The van der Waals surface area contributed by atoms with Crippen LogP contribution in [0.25, 0.3) is 0 Å². The van der Waals surface area contributed by atoms with Crippen molar-refractivity contribution in [3.63, 3.8) is 0 Å². The zero-order valence-corrected chi connectivity index (χ0v) is 16.7. The average Bonchev–Trinajstić information content (AvgIpc) is 2.66. The van der Waals surface area contributed by atoms with E-state index >= 15 is 0 Å². The van der Waals surface area contributed by atoms with Crippen LogP contribution in [-0.2, 0) is 24.3 Å². The summed E-state index contributed by atoms with van der Waals surface area (Å²) in [6.07, 6.45) is -4.26. The number of benzene rings is 1. The molecule has 6 nitrogen and oxygen atoms in total. The topological polar surface area (TPSA) is 73.2 Å². The van der Waals surface area contributed by atoms with Gasteiger partial charge >= 0.3 is 6.36 Å². The second kappa shape index (κ2) is 8.48. The maximum Gasteiger partial charge on any atom is 0.573 e. The van der Waals surface area contributed by atoms with Crippen molar-refractivity contribution in [2.45, 2.75) is 44.9 Å². The van der Waals surface area contributed by atoms with E-state index in [1.165, 1.54) is 34.5 Å². The lowest BCUT2D eigenvalue weighted by Gasteiger charge is -2.25. The maximum atomic E-state index is 12.6. The number of amides is 1. The molecule has 2 aromatic rings. The van der Waals surface area contributed by atoms with E-state index < -0.39 is 12.3 Å². The Morgan fingerprint density at radius 3 is 2.79 bits per heavy atom. The van der Waals surface area contributed by atoms with E-state index in [2.05, 4.69) is 15.0 Å². The van der Waals surface area contributed by atoms with Crippen molar-refractivity contribution in [1.29, 1.82) is 0 Å². The van der Waals surface area contributed by atoms with Gasteiger partial charge in [0.1, 0.15) is 5.75 Å². The third-order valence-corrected chi connectivity index (χ3v) is 5.77. The molecule has 0 aliphatic carbocycles. The molecule has 2 heterocycles. The van der Waals surface area contributed by atoms with Gasteiger partial charge in [-0.1, -0.05) is 36.9 Å². The number of thioether (sulfide) groups is 1. The van der Waals surface area contributed by atoms with Crippen LogP contribution in [0, 0.1) is 12.8 Å². The van der Waals surface area contributed by atoms with E-state index in [-0.39, 0.29) is 35.9 Å². The molecule has 1 atom stereocenters. The second-order valence-corrected chi connectivity index (χ2v) is 7.60. The summed E-state index contributed by atoms with van der Waals surface area (Å²) in [5, 5.41) is 3.23. The van der Waals surface area contributed by atoms with Gasteiger partial charge in [-0.2, -0.15) is 0 Å². The van der Waals surface area contributed by atoms with Crippen LogP contribution in [0.3, 0.4) is 0 Å². The lowest BCUT2D eigenvalue weighted by atomic mass is 10.1. The van der Waals surface area contributed by atoms with Crippen LogP contribution in [-0.4, -0.2) is 27.6 Å². The fourth-order valence-corrected chi connectivity index (χ4v) is 4.28. The van der Waals surface area contributed by atoms with E-state index in [1.54, 1.807) is 13.0 Å². The van der Waals surface area contributed by atoms with Gasteiger partial charge in [0.25, 0.3) is 5.56 Å². The first kappa shape index (κ1) is 21.2. The van der Waals surface area contributed by atoms with Crippen molar-refractivity contribution in [3.8, 4) is 5.75 Å². The Morgan fingerprint density at radius 2 is 2.10 bits per heavy atom. The van der Waals surface area contributed by atoms with E-state index in [9.17, 15) is 22.8 Å². The number of fused-ring (bicyclic) bond motifs is 1. The van der Waals surface area contributed by atoms with Gasteiger partial charge < -0.3 is 10.1 Å². The molecule has 0 bridgehead atoms. The van der Waals surface area contributed by atoms with Crippen molar-refractivity contribution in [1.82, 2.24) is 14.9 Å². The fraction of sp³-hybridized carbons (Fsp3) is 0.421. The number of aromatic nitrogens is 2. The number of hydrogen-bond donors (Lipinski definition) is 1. The van der Waals surface area contributed by atoms with Crippen molar-refractivity contribution in [2.24, 2.45) is 5.92 Å². The maximum absolute atomic E-state index is 12.6. The van der Waals surface area contributed by atoms with Crippen molar-refractivity contribution >= 4 is 17.7 Å². The van der Waals surface area contributed by atoms with Gasteiger partial charge in [-0.3, -0.25) is 14.2 Å². The number of alkyl halides is 3. The molecular formula is C19H20F3N3O3S. The predicted molar refractivity (Wildman–Crippen MR) is 102 cm³/mol. The summed E-state index contributed by atoms with van der Waals surface area (Å²) in [4.78, 5) is 29.7. The normalized spacial score (nSPS) is 16.2. The number of carbonyl (C=O) groups excluding carboxylic acids is 1. The van der Waals surface area contributed by atoms with Crippen molar-refractivity contribution in [3.05, 3.63) is 51.4 Å². The average molecular weight is 427 g/mol. The lowest BCUT2D eigenvalue weighted by Crippen LogP contribution is -2.40. The molecule has 1 amide bonds. The highest BCUT2D eigenvalue weighted by Crippen LogP contribution is 2.28.